The van der Waals surface area contributed by atoms with Crippen LogP contribution in [0.2, 0.25) is 0 Å². The first-order valence-electron chi connectivity index (χ1n) is 9.04. The van der Waals surface area contributed by atoms with Gasteiger partial charge in [-0.05, 0) is 18.6 Å². The Labute approximate surface area is 158 Å². The molecule has 0 unspecified atom stereocenters. The number of nitrogens with zero attached hydrogens (tertiary/aromatic N) is 5. The number of pyridine rings is 1. The van der Waals surface area contributed by atoms with Gasteiger partial charge in [0.15, 0.2) is 5.82 Å². The van der Waals surface area contributed by atoms with Crippen molar-refractivity contribution in [1.29, 1.82) is 0 Å². The van der Waals surface area contributed by atoms with E-state index in [1.807, 2.05) is 49.3 Å². The number of aryl methyl sites for hydroxylation is 1. The monoisotopic (exact) mass is 362 g/mol. The van der Waals surface area contributed by atoms with E-state index < -0.39 is 0 Å². The highest BCUT2D eigenvalue weighted by Gasteiger charge is 2.25. The van der Waals surface area contributed by atoms with Crippen LogP contribution in [-0.4, -0.2) is 45.8 Å². The first-order chi connectivity index (χ1) is 13.1. The smallest absolute Gasteiger partial charge is 0.255 e. The Morgan fingerprint density at radius 2 is 1.96 bits per heavy atom. The third kappa shape index (κ3) is 3.40. The highest BCUT2D eigenvalue weighted by atomic mass is 16.1. The van der Waals surface area contributed by atoms with Gasteiger partial charge in [-0.25, -0.2) is 4.98 Å². The van der Waals surface area contributed by atoms with Crippen molar-refractivity contribution >= 4 is 11.7 Å². The van der Waals surface area contributed by atoms with Crippen LogP contribution in [0.15, 0.2) is 48.7 Å². The zero-order valence-corrected chi connectivity index (χ0v) is 15.5. The van der Waals surface area contributed by atoms with Gasteiger partial charge in [-0.2, -0.15) is 0 Å². The summed E-state index contributed by atoms with van der Waals surface area (Å²) in [6, 6.07) is 13.6. The fourth-order valence-electron chi connectivity index (χ4n) is 3.44. The minimum absolute atomic E-state index is 0.0266. The van der Waals surface area contributed by atoms with E-state index in [9.17, 15) is 4.79 Å². The molecule has 1 N–H and O–H groups in total. The Hall–Kier alpha value is -3.22. The molecule has 0 spiro atoms. The van der Waals surface area contributed by atoms with Crippen LogP contribution >= 0.6 is 0 Å². The molecule has 7 heteroatoms. The average Bonchev–Trinajstić information content (AvgIpc) is 3.12. The summed E-state index contributed by atoms with van der Waals surface area (Å²) in [6.45, 7) is 0.663. The number of hydrogen-bond donors (Lipinski definition) is 1. The molecule has 0 radical (unpaired) electrons. The lowest BCUT2D eigenvalue weighted by molar-refractivity contribution is 0.0928. The van der Waals surface area contributed by atoms with Gasteiger partial charge in [-0.3, -0.25) is 4.79 Å². The predicted molar refractivity (Wildman–Crippen MR) is 104 cm³/mol. The number of nitrogens with one attached hydrogen (secondary N) is 1. The normalized spacial score (nSPS) is 15.9. The van der Waals surface area contributed by atoms with Crippen molar-refractivity contribution in [3.63, 3.8) is 0 Å². The van der Waals surface area contributed by atoms with Gasteiger partial charge in [0, 0.05) is 44.9 Å². The number of benzene rings is 1. The quantitative estimate of drug-likeness (QED) is 0.770. The van der Waals surface area contributed by atoms with Gasteiger partial charge >= 0.3 is 0 Å². The van der Waals surface area contributed by atoms with E-state index in [0.29, 0.717) is 17.9 Å². The zero-order valence-electron chi connectivity index (χ0n) is 15.5. The second kappa shape index (κ2) is 7.19. The van der Waals surface area contributed by atoms with E-state index >= 15 is 0 Å². The lowest BCUT2D eigenvalue weighted by atomic mass is 10.1. The Morgan fingerprint density at radius 1 is 1.15 bits per heavy atom. The van der Waals surface area contributed by atoms with Crippen molar-refractivity contribution in [3.05, 3.63) is 60.0 Å². The SMILES string of the molecule is CN(C)c1ncccc1C(=O)N[C@H]1CCc2nnc(-c3ccccc3)n2C1. The predicted octanol–water partition coefficient (Wildman–Crippen LogP) is 2.15. The van der Waals surface area contributed by atoms with E-state index in [1.165, 1.54) is 0 Å². The summed E-state index contributed by atoms with van der Waals surface area (Å²) in [5, 5.41) is 11.8. The van der Waals surface area contributed by atoms with Gasteiger partial charge in [0.05, 0.1) is 5.56 Å². The van der Waals surface area contributed by atoms with Crippen molar-refractivity contribution < 1.29 is 4.79 Å². The lowest BCUT2D eigenvalue weighted by Crippen LogP contribution is -2.41. The molecule has 1 aliphatic rings. The molecule has 3 aromatic rings. The van der Waals surface area contributed by atoms with Crippen LogP contribution in [0.25, 0.3) is 11.4 Å². The van der Waals surface area contributed by atoms with Gasteiger partial charge in [0.1, 0.15) is 11.6 Å². The van der Waals surface area contributed by atoms with Crippen LogP contribution < -0.4 is 10.2 Å². The number of carbonyl (C=O) groups excluding carboxylic acids is 1. The van der Waals surface area contributed by atoms with E-state index in [-0.39, 0.29) is 11.9 Å². The second-order valence-electron chi connectivity index (χ2n) is 6.89. The van der Waals surface area contributed by atoms with Crippen LogP contribution in [0.1, 0.15) is 22.6 Å². The van der Waals surface area contributed by atoms with Crippen molar-refractivity contribution in [1.82, 2.24) is 25.1 Å². The topological polar surface area (TPSA) is 75.9 Å². The molecule has 1 aliphatic heterocycles. The standard InChI is InChI=1S/C20H22N6O/c1-25(2)19-16(9-6-12-21-19)20(27)22-15-10-11-17-23-24-18(26(17)13-15)14-7-4-3-5-8-14/h3-9,12,15H,10-11,13H2,1-2H3,(H,22,27)/t15-/m0/s1. The summed E-state index contributed by atoms with van der Waals surface area (Å²) in [5.74, 6) is 2.38. The highest BCUT2D eigenvalue weighted by molar-refractivity contribution is 5.99. The largest absolute Gasteiger partial charge is 0.362 e. The Morgan fingerprint density at radius 3 is 2.74 bits per heavy atom. The maximum atomic E-state index is 12.8. The maximum absolute atomic E-state index is 12.8. The Kier molecular flexibility index (Phi) is 4.58. The third-order valence-corrected chi connectivity index (χ3v) is 4.77. The molecule has 1 aromatic carbocycles. The fourth-order valence-corrected chi connectivity index (χ4v) is 3.44. The van der Waals surface area contributed by atoms with E-state index in [2.05, 4.69) is 25.1 Å². The molecule has 3 heterocycles. The van der Waals surface area contributed by atoms with Gasteiger partial charge in [-0.15, -0.1) is 10.2 Å². The average molecular weight is 362 g/mol. The summed E-state index contributed by atoms with van der Waals surface area (Å²) in [4.78, 5) is 19.0. The molecular weight excluding hydrogens is 340 g/mol. The molecule has 138 valence electrons. The van der Waals surface area contributed by atoms with Gasteiger partial charge in [-0.1, -0.05) is 30.3 Å². The molecule has 0 fully saturated rings. The Bertz CT molecular complexity index is 950. The molecule has 1 amide bonds. The molecule has 0 saturated heterocycles. The Balaban J connectivity index is 1.54. The van der Waals surface area contributed by atoms with Crippen molar-refractivity contribution in [3.8, 4) is 11.4 Å². The first-order valence-corrected chi connectivity index (χ1v) is 9.04. The summed E-state index contributed by atoms with van der Waals surface area (Å²) >= 11 is 0. The van der Waals surface area contributed by atoms with Crippen LogP contribution in [0.3, 0.4) is 0 Å². The molecule has 0 aliphatic carbocycles. The molecular formula is C20H22N6O. The van der Waals surface area contributed by atoms with Crippen molar-refractivity contribution in [2.24, 2.45) is 0 Å². The van der Waals surface area contributed by atoms with Crippen molar-refractivity contribution in [2.45, 2.75) is 25.4 Å². The van der Waals surface area contributed by atoms with Gasteiger partial charge in [0.2, 0.25) is 0 Å². The molecule has 27 heavy (non-hydrogen) atoms. The maximum Gasteiger partial charge on any atom is 0.255 e. The van der Waals surface area contributed by atoms with E-state index in [1.54, 1.807) is 18.3 Å². The molecule has 7 nitrogen and oxygen atoms in total. The van der Waals surface area contributed by atoms with Gasteiger partial charge in [0.25, 0.3) is 5.91 Å². The van der Waals surface area contributed by atoms with Crippen LogP contribution in [0.4, 0.5) is 5.82 Å². The second-order valence-corrected chi connectivity index (χ2v) is 6.89. The zero-order chi connectivity index (χ0) is 18.8. The van der Waals surface area contributed by atoms with E-state index in [4.69, 9.17) is 0 Å². The van der Waals surface area contributed by atoms with Crippen molar-refractivity contribution in [2.75, 3.05) is 19.0 Å². The number of carbonyl (C=O) groups is 1. The summed E-state index contributed by atoms with van der Waals surface area (Å²) < 4.78 is 2.11. The fraction of sp³-hybridized carbons (Fsp3) is 0.300. The lowest BCUT2D eigenvalue weighted by Gasteiger charge is -2.26. The van der Waals surface area contributed by atoms with Crippen LogP contribution in [0.5, 0.6) is 0 Å². The summed E-state index contributed by atoms with van der Waals surface area (Å²) in [5.41, 5.74) is 1.62. The van der Waals surface area contributed by atoms with Gasteiger partial charge < -0.3 is 14.8 Å². The molecule has 4 rings (SSSR count). The number of amides is 1. The molecule has 2 aromatic heterocycles. The third-order valence-electron chi connectivity index (χ3n) is 4.77. The number of fused-ring (bicyclic) bond motifs is 1. The van der Waals surface area contributed by atoms with E-state index in [0.717, 1.165) is 30.1 Å². The van der Waals surface area contributed by atoms with Crippen LogP contribution in [0, 0.1) is 0 Å². The minimum Gasteiger partial charge on any atom is -0.362 e. The summed E-state index contributed by atoms with van der Waals surface area (Å²) in [6.07, 6.45) is 3.33. The van der Waals surface area contributed by atoms with Crippen LogP contribution in [-0.2, 0) is 13.0 Å². The minimum atomic E-state index is -0.102. The number of hydrogen-bond acceptors (Lipinski definition) is 5. The number of aromatic nitrogens is 4. The first kappa shape index (κ1) is 17.2. The molecule has 0 bridgehead atoms. The molecule has 1 atom stereocenters. The highest BCUT2D eigenvalue weighted by Crippen LogP contribution is 2.23. The number of rotatable bonds is 4. The number of anilines is 1. The summed E-state index contributed by atoms with van der Waals surface area (Å²) in [7, 11) is 3.77. The molecule has 0 saturated carbocycles.